The second-order valence-corrected chi connectivity index (χ2v) is 4.27. The van der Waals surface area contributed by atoms with Crippen LogP contribution in [0.1, 0.15) is 12.5 Å². The van der Waals surface area contributed by atoms with E-state index in [4.69, 9.17) is 0 Å². The lowest BCUT2D eigenvalue weighted by molar-refractivity contribution is -0.137. The van der Waals surface area contributed by atoms with Crippen molar-refractivity contribution in [2.24, 2.45) is 0 Å². The molecule has 0 atom stereocenters. The molecule has 0 fully saturated rings. The van der Waals surface area contributed by atoms with Crippen LogP contribution in [0.25, 0.3) is 0 Å². The lowest BCUT2D eigenvalue weighted by atomic mass is 10.2. The molecule has 1 aromatic rings. The normalized spacial score (nSPS) is 10.7. The van der Waals surface area contributed by atoms with Crippen LogP contribution in [0.3, 0.4) is 0 Å². The molecule has 0 saturated carbocycles. The number of halogens is 3. The van der Waals surface area contributed by atoms with Gasteiger partial charge in [0.1, 0.15) is 0 Å². The van der Waals surface area contributed by atoms with Gasteiger partial charge in [-0.3, -0.25) is 14.4 Å². The smallest absolute Gasteiger partial charge is 0.355 e. The van der Waals surface area contributed by atoms with Gasteiger partial charge in [0, 0.05) is 25.7 Å². The Morgan fingerprint density at radius 1 is 0.955 bits per heavy atom. The Bertz CT molecular complexity index is 556. The summed E-state index contributed by atoms with van der Waals surface area (Å²) in [5.41, 5.74) is -0.791. The van der Waals surface area contributed by atoms with Crippen LogP contribution >= 0.6 is 0 Å². The third-order valence-corrected chi connectivity index (χ3v) is 2.46. The van der Waals surface area contributed by atoms with Crippen molar-refractivity contribution in [2.75, 3.05) is 18.4 Å². The maximum atomic E-state index is 12.4. The van der Waals surface area contributed by atoms with Gasteiger partial charge >= 0.3 is 18.0 Å². The number of hydrogen-bond donors (Lipinski definition) is 3. The number of rotatable bonds is 4. The molecule has 22 heavy (non-hydrogen) atoms. The Morgan fingerprint density at radius 3 is 2.00 bits per heavy atom. The van der Waals surface area contributed by atoms with Crippen LogP contribution in [-0.4, -0.2) is 30.8 Å². The topological polar surface area (TPSA) is 87.3 Å². The Morgan fingerprint density at radius 2 is 1.50 bits per heavy atom. The summed E-state index contributed by atoms with van der Waals surface area (Å²) in [6.07, 6.45) is -4.47. The molecule has 1 aromatic carbocycles. The van der Waals surface area contributed by atoms with Crippen molar-refractivity contribution in [3.05, 3.63) is 29.8 Å². The number of carbonyl (C=O) groups excluding carboxylic acids is 3. The molecule has 0 aliphatic carbocycles. The average Bonchev–Trinajstić information content (AvgIpc) is 2.42. The molecule has 6 nitrogen and oxygen atoms in total. The fraction of sp³-hybridized carbons (Fsp3) is 0.308. The fourth-order valence-electron chi connectivity index (χ4n) is 1.43. The predicted molar refractivity (Wildman–Crippen MR) is 71.8 cm³/mol. The van der Waals surface area contributed by atoms with Gasteiger partial charge in [-0.25, -0.2) is 0 Å². The van der Waals surface area contributed by atoms with Crippen LogP contribution in [0.15, 0.2) is 24.3 Å². The van der Waals surface area contributed by atoms with Gasteiger partial charge < -0.3 is 16.0 Å². The summed E-state index contributed by atoms with van der Waals surface area (Å²) < 4.78 is 37.1. The van der Waals surface area contributed by atoms with E-state index in [1.54, 1.807) is 0 Å². The molecule has 0 bridgehead atoms. The zero-order valence-corrected chi connectivity index (χ0v) is 11.6. The second-order valence-electron chi connectivity index (χ2n) is 4.27. The van der Waals surface area contributed by atoms with Crippen LogP contribution in [0.5, 0.6) is 0 Å². The van der Waals surface area contributed by atoms with Crippen LogP contribution < -0.4 is 16.0 Å². The molecule has 0 radical (unpaired) electrons. The first-order chi connectivity index (χ1) is 10.2. The van der Waals surface area contributed by atoms with E-state index in [-0.39, 0.29) is 24.7 Å². The molecule has 0 spiro atoms. The van der Waals surface area contributed by atoms with Gasteiger partial charge in [-0.05, 0) is 24.3 Å². The Labute approximate surface area is 124 Å². The summed E-state index contributed by atoms with van der Waals surface area (Å²) in [5, 5.41) is 6.83. The Hall–Kier alpha value is -2.58. The quantitative estimate of drug-likeness (QED) is 0.569. The summed E-state index contributed by atoms with van der Waals surface area (Å²) in [6, 6.07) is 3.69. The molecule has 120 valence electrons. The van der Waals surface area contributed by atoms with E-state index in [2.05, 4.69) is 16.0 Å². The lowest BCUT2D eigenvalue weighted by Gasteiger charge is -2.09. The minimum Gasteiger partial charge on any atom is -0.355 e. The minimum atomic E-state index is -4.47. The van der Waals surface area contributed by atoms with E-state index in [1.807, 2.05) is 0 Å². The molecule has 9 heteroatoms. The highest BCUT2D eigenvalue weighted by molar-refractivity contribution is 6.39. The number of carbonyl (C=O) groups is 3. The summed E-state index contributed by atoms with van der Waals surface area (Å²) in [4.78, 5) is 33.5. The van der Waals surface area contributed by atoms with E-state index >= 15 is 0 Å². The molecule has 0 aromatic heterocycles. The van der Waals surface area contributed by atoms with E-state index in [1.165, 1.54) is 6.92 Å². The first-order valence-electron chi connectivity index (χ1n) is 6.21. The first-order valence-corrected chi connectivity index (χ1v) is 6.21. The molecule has 0 aliphatic rings. The van der Waals surface area contributed by atoms with Gasteiger partial charge in [0.25, 0.3) is 0 Å². The van der Waals surface area contributed by atoms with Crippen LogP contribution in [0, 0.1) is 0 Å². The van der Waals surface area contributed by atoms with Gasteiger partial charge in [-0.15, -0.1) is 0 Å². The van der Waals surface area contributed by atoms with E-state index in [9.17, 15) is 27.6 Å². The largest absolute Gasteiger partial charge is 0.416 e. The van der Waals surface area contributed by atoms with Gasteiger partial charge in [0.15, 0.2) is 0 Å². The monoisotopic (exact) mass is 317 g/mol. The third kappa shape index (κ3) is 5.81. The van der Waals surface area contributed by atoms with Crippen LogP contribution in [0.2, 0.25) is 0 Å². The molecule has 1 rings (SSSR count). The molecule has 0 saturated heterocycles. The Kier molecular flexibility index (Phi) is 5.90. The number of nitrogens with one attached hydrogen (secondary N) is 3. The van der Waals surface area contributed by atoms with Crippen molar-refractivity contribution in [2.45, 2.75) is 13.1 Å². The van der Waals surface area contributed by atoms with Crippen molar-refractivity contribution < 1.29 is 27.6 Å². The molecular formula is C13H14F3N3O3. The number of benzene rings is 1. The Balaban J connectivity index is 2.47. The van der Waals surface area contributed by atoms with Crippen molar-refractivity contribution in [1.82, 2.24) is 10.6 Å². The van der Waals surface area contributed by atoms with Gasteiger partial charge in [0.2, 0.25) is 5.91 Å². The minimum absolute atomic E-state index is 0.0544. The SMILES string of the molecule is CC(=O)NCCNC(=O)C(=O)Nc1ccc(C(F)(F)F)cc1. The van der Waals surface area contributed by atoms with Crippen LogP contribution in [0.4, 0.5) is 18.9 Å². The highest BCUT2D eigenvalue weighted by atomic mass is 19.4. The van der Waals surface area contributed by atoms with Crippen LogP contribution in [-0.2, 0) is 20.6 Å². The zero-order chi connectivity index (χ0) is 16.8. The second kappa shape index (κ2) is 7.43. The summed E-state index contributed by atoms with van der Waals surface area (Å²) in [5.74, 6) is -2.24. The van der Waals surface area contributed by atoms with Crippen molar-refractivity contribution in [3.63, 3.8) is 0 Å². The van der Waals surface area contributed by atoms with E-state index < -0.39 is 23.6 Å². The van der Waals surface area contributed by atoms with E-state index in [0.717, 1.165) is 24.3 Å². The lowest BCUT2D eigenvalue weighted by Crippen LogP contribution is -2.39. The predicted octanol–water partition coefficient (Wildman–Crippen LogP) is 0.896. The first kappa shape index (κ1) is 17.5. The number of alkyl halides is 3. The van der Waals surface area contributed by atoms with E-state index in [0.29, 0.717) is 0 Å². The summed E-state index contributed by atoms with van der Waals surface area (Å²) >= 11 is 0. The average molecular weight is 317 g/mol. The summed E-state index contributed by atoms with van der Waals surface area (Å²) in [7, 11) is 0. The molecule has 0 unspecified atom stereocenters. The van der Waals surface area contributed by atoms with Gasteiger partial charge in [0.05, 0.1) is 5.56 Å². The number of hydrogen-bond acceptors (Lipinski definition) is 3. The standard InChI is InChI=1S/C13H14F3N3O3/c1-8(20)17-6-7-18-11(21)12(22)19-10-4-2-9(3-5-10)13(14,15)16/h2-5H,6-7H2,1H3,(H,17,20)(H,18,21)(H,19,22). The van der Waals surface area contributed by atoms with Crippen molar-refractivity contribution in [1.29, 1.82) is 0 Å². The van der Waals surface area contributed by atoms with Crippen molar-refractivity contribution in [3.8, 4) is 0 Å². The summed E-state index contributed by atoms with van der Waals surface area (Å²) in [6.45, 7) is 1.52. The highest BCUT2D eigenvalue weighted by Crippen LogP contribution is 2.29. The molecule has 3 N–H and O–H groups in total. The molecule has 0 aliphatic heterocycles. The van der Waals surface area contributed by atoms with Gasteiger partial charge in [-0.1, -0.05) is 0 Å². The highest BCUT2D eigenvalue weighted by Gasteiger charge is 2.30. The molecule has 3 amide bonds. The molecular weight excluding hydrogens is 303 g/mol. The number of amides is 3. The maximum Gasteiger partial charge on any atom is 0.416 e. The third-order valence-electron chi connectivity index (χ3n) is 2.46. The zero-order valence-electron chi connectivity index (χ0n) is 11.6. The van der Waals surface area contributed by atoms with Crippen molar-refractivity contribution >= 4 is 23.4 Å². The number of anilines is 1. The fourth-order valence-corrected chi connectivity index (χ4v) is 1.43. The maximum absolute atomic E-state index is 12.4. The van der Waals surface area contributed by atoms with Gasteiger partial charge in [-0.2, -0.15) is 13.2 Å². The molecule has 0 heterocycles.